The van der Waals surface area contributed by atoms with Crippen LogP contribution in [0.5, 0.6) is 0 Å². The first kappa shape index (κ1) is 14.7. The SMILES string of the molecule is CCc1nn2c(C#N)c(-c3c(C)c(C)cc(C)c3C)nc2s1. The Kier molecular flexibility index (Phi) is 3.50. The molecule has 3 rings (SSSR count). The fourth-order valence-corrected chi connectivity index (χ4v) is 3.61. The highest BCUT2D eigenvalue weighted by Gasteiger charge is 2.21. The maximum Gasteiger partial charge on any atom is 0.214 e. The lowest BCUT2D eigenvalue weighted by molar-refractivity contribution is 0.899. The first-order chi connectivity index (χ1) is 10.5. The molecule has 0 saturated heterocycles. The molecule has 0 unspecified atom stereocenters. The number of hydrogen-bond acceptors (Lipinski definition) is 4. The first-order valence-corrected chi connectivity index (χ1v) is 8.15. The fraction of sp³-hybridized carbons (Fsp3) is 0.353. The maximum absolute atomic E-state index is 9.62. The van der Waals surface area contributed by atoms with E-state index in [9.17, 15) is 5.26 Å². The molecule has 0 bridgehead atoms. The van der Waals surface area contributed by atoms with Gasteiger partial charge in [0.1, 0.15) is 16.8 Å². The number of benzene rings is 1. The molecule has 1 aromatic carbocycles. The number of fused-ring (bicyclic) bond motifs is 1. The second-order valence-electron chi connectivity index (χ2n) is 5.60. The molecule has 0 aliphatic rings. The monoisotopic (exact) mass is 310 g/mol. The van der Waals surface area contributed by atoms with Crippen molar-refractivity contribution in [1.82, 2.24) is 14.6 Å². The summed E-state index contributed by atoms with van der Waals surface area (Å²) in [5.41, 5.74) is 7.17. The molecule has 5 heteroatoms. The third-order valence-electron chi connectivity index (χ3n) is 4.26. The number of nitrogens with zero attached hydrogens (tertiary/aromatic N) is 4. The Morgan fingerprint density at radius 3 is 2.36 bits per heavy atom. The first-order valence-electron chi connectivity index (χ1n) is 7.34. The van der Waals surface area contributed by atoms with Crippen LogP contribution in [0.1, 0.15) is 39.9 Å². The molecule has 112 valence electrons. The third kappa shape index (κ3) is 2.03. The molecule has 3 aromatic rings. The van der Waals surface area contributed by atoms with Crippen LogP contribution in [-0.4, -0.2) is 14.6 Å². The average molecular weight is 310 g/mol. The molecule has 0 aliphatic heterocycles. The maximum atomic E-state index is 9.62. The Bertz CT molecular complexity index is 898. The van der Waals surface area contributed by atoms with Gasteiger partial charge in [0.05, 0.1) is 0 Å². The van der Waals surface area contributed by atoms with Crippen LogP contribution in [0.2, 0.25) is 0 Å². The second kappa shape index (κ2) is 5.22. The Balaban J connectivity index is 2.37. The van der Waals surface area contributed by atoms with Crippen molar-refractivity contribution < 1.29 is 0 Å². The van der Waals surface area contributed by atoms with Crippen molar-refractivity contribution in [2.75, 3.05) is 0 Å². The van der Waals surface area contributed by atoms with Crippen molar-refractivity contribution in [3.8, 4) is 17.3 Å². The summed E-state index contributed by atoms with van der Waals surface area (Å²) in [4.78, 5) is 5.52. The molecule has 2 aromatic heterocycles. The van der Waals surface area contributed by atoms with E-state index in [1.54, 1.807) is 15.9 Å². The van der Waals surface area contributed by atoms with Crippen molar-refractivity contribution in [2.24, 2.45) is 0 Å². The van der Waals surface area contributed by atoms with Crippen LogP contribution in [-0.2, 0) is 6.42 Å². The lowest BCUT2D eigenvalue weighted by Crippen LogP contribution is -1.98. The smallest absolute Gasteiger partial charge is 0.214 e. The van der Waals surface area contributed by atoms with Crippen LogP contribution in [0.15, 0.2) is 6.07 Å². The summed E-state index contributed by atoms with van der Waals surface area (Å²) in [5.74, 6) is 0. The van der Waals surface area contributed by atoms with Crippen LogP contribution < -0.4 is 0 Å². The highest BCUT2D eigenvalue weighted by molar-refractivity contribution is 7.16. The van der Waals surface area contributed by atoms with Crippen LogP contribution in [0, 0.1) is 39.0 Å². The van der Waals surface area contributed by atoms with Gasteiger partial charge in [-0.05, 0) is 56.4 Å². The largest absolute Gasteiger partial charge is 0.216 e. The zero-order chi connectivity index (χ0) is 16.0. The molecule has 0 saturated carbocycles. The minimum atomic E-state index is 0.530. The van der Waals surface area contributed by atoms with Gasteiger partial charge in [-0.1, -0.05) is 24.3 Å². The van der Waals surface area contributed by atoms with E-state index in [0.717, 1.165) is 27.6 Å². The lowest BCUT2D eigenvalue weighted by Gasteiger charge is -2.13. The summed E-state index contributed by atoms with van der Waals surface area (Å²) < 4.78 is 1.69. The Morgan fingerprint density at radius 2 is 1.82 bits per heavy atom. The van der Waals surface area contributed by atoms with E-state index >= 15 is 0 Å². The van der Waals surface area contributed by atoms with Gasteiger partial charge in [-0.2, -0.15) is 14.9 Å². The lowest BCUT2D eigenvalue weighted by atomic mass is 9.92. The van der Waals surface area contributed by atoms with Gasteiger partial charge < -0.3 is 0 Å². The summed E-state index contributed by atoms with van der Waals surface area (Å²) in [5, 5.41) is 15.1. The zero-order valence-electron chi connectivity index (χ0n) is 13.5. The number of hydrogen-bond donors (Lipinski definition) is 0. The van der Waals surface area contributed by atoms with E-state index in [1.165, 1.54) is 22.3 Å². The van der Waals surface area contributed by atoms with E-state index in [2.05, 4.69) is 51.9 Å². The second-order valence-corrected chi connectivity index (χ2v) is 6.64. The van der Waals surface area contributed by atoms with E-state index in [-0.39, 0.29) is 0 Å². The summed E-state index contributed by atoms with van der Waals surface area (Å²) in [6, 6.07) is 4.48. The predicted octanol–water partition coefficient (Wildman–Crippen LogP) is 4.13. The fourth-order valence-electron chi connectivity index (χ4n) is 2.78. The molecule has 0 radical (unpaired) electrons. The summed E-state index contributed by atoms with van der Waals surface area (Å²) in [7, 11) is 0. The van der Waals surface area contributed by atoms with Gasteiger partial charge in [0.2, 0.25) is 4.96 Å². The molecule has 0 amide bonds. The molecule has 22 heavy (non-hydrogen) atoms. The van der Waals surface area contributed by atoms with Crippen LogP contribution in [0.25, 0.3) is 16.2 Å². The standard InChI is InChI=1S/C17H18N4S/c1-6-14-20-21-13(8-18)16(19-17(21)22-14)15-11(4)9(2)7-10(3)12(15)5/h7H,6H2,1-5H3. The molecular formula is C17H18N4S. The molecule has 2 heterocycles. The molecule has 0 atom stereocenters. The van der Waals surface area contributed by atoms with E-state index in [0.29, 0.717) is 5.69 Å². The normalized spacial score (nSPS) is 11.1. The number of aromatic nitrogens is 3. The summed E-state index contributed by atoms with van der Waals surface area (Å²) in [6.07, 6.45) is 0.857. The molecule has 0 aliphatic carbocycles. The molecule has 0 spiro atoms. The van der Waals surface area contributed by atoms with E-state index in [4.69, 9.17) is 4.98 Å². The van der Waals surface area contributed by atoms with Gasteiger partial charge in [-0.3, -0.25) is 0 Å². The summed E-state index contributed by atoms with van der Waals surface area (Å²) >= 11 is 1.55. The average Bonchev–Trinajstić information content (AvgIpc) is 3.02. The highest BCUT2D eigenvalue weighted by atomic mass is 32.1. The Morgan fingerprint density at radius 1 is 1.18 bits per heavy atom. The van der Waals surface area contributed by atoms with Crippen LogP contribution in [0.4, 0.5) is 0 Å². The van der Waals surface area contributed by atoms with Gasteiger partial charge in [0.15, 0.2) is 5.69 Å². The van der Waals surface area contributed by atoms with Crippen molar-refractivity contribution in [2.45, 2.75) is 41.0 Å². The highest BCUT2D eigenvalue weighted by Crippen LogP contribution is 2.34. The zero-order valence-corrected chi connectivity index (χ0v) is 14.3. The van der Waals surface area contributed by atoms with Crippen molar-refractivity contribution in [1.29, 1.82) is 5.26 Å². The Hall–Kier alpha value is -2.19. The molecule has 0 fully saturated rings. The molecular weight excluding hydrogens is 292 g/mol. The van der Waals surface area contributed by atoms with Crippen molar-refractivity contribution in [3.63, 3.8) is 0 Å². The number of nitriles is 1. The van der Waals surface area contributed by atoms with E-state index in [1.807, 2.05) is 0 Å². The van der Waals surface area contributed by atoms with Crippen molar-refractivity contribution >= 4 is 16.3 Å². The third-order valence-corrected chi connectivity index (χ3v) is 5.31. The topological polar surface area (TPSA) is 54.0 Å². The van der Waals surface area contributed by atoms with Crippen LogP contribution >= 0.6 is 11.3 Å². The quantitative estimate of drug-likeness (QED) is 0.715. The minimum Gasteiger partial charge on any atom is -0.216 e. The Labute approximate surface area is 134 Å². The van der Waals surface area contributed by atoms with Gasteiger partial charge in [0, 0.05) is 5.56 Å². The predicted molar refractivity (Wildman–Crippen MR) is 89.3 cm³/mol. The molecule has 0 N–H and O–H groups in total. The minimum absolute atomic E-state index is 0.530. The van der Waals surface area contributed by atoms with Crippen molar-refractivity contribution in [3.05, 3.63) is 39.0 Å². The number of imidazole rings is 1. The van der Waals surface area contributed by atoms with E-state index < -0.39 is 0 Å². The molecule has 4 nitrogen and oxygen atoms in total. The van der Waals surface area contributed by atoms with Crippen LogP contribution in [0.3, 0.4) is 0 Å². The van der Waals surface area contributed by atoms with Gasteiger partial charge in [-0.15, -0.1) is 0 Å². The number of aryl methyl sites for hydroxylation is 3. The number of rotatable bonds is 2. The van der Waals surface area contributed by atoms with Gasteiger partial charge in [0.25, 0.3) is 0 Å². The van der Waals surface area contributed by atoms with Gasteiger partial charge >= 0.3 is 0 Å². The summed E-state index contributed by atoms with van der Waals surface area (Å²) in [6.45, 7) is 10.4. The van der Waals surface area contributed by atoms with Gasteiger partial charge in [-0.25, -0.2) is 4.98 Å².